The molecule has 1 fully saturated rings. The lowest BCUT2D eigenvalue weighted by Crippen LogP contribution is -2.46. The quantitative estimate of drug-likeness (QED) is 0.759. The molecular weight excluding hydrogens is 270 g/mol. The highest BCUT2D eigenvalue weighted by atomic mass is 16.5. The van der Waals surface area contributed by atoms with Gasteiger partial charge in [-0.2, -0.15) is 9.97 Å². The zero-order chi connectivity index (χ0) is 15.1. The fourth-order valence-electron chi connectivity index (χ4n) is 2.56. The summed E-state index contributed by atoms with van der Waals surface area (Å²) in [6.45, 7) is 5.11. The van der Waals surface area contributed by atoms with Gasteiger partial charge in [-0.1, -0.05) is 6.92 Å². The Labute approximate surface area is 126 Å². The van der Waals surface area contributed by atoms with E-state index < -0.39 is 0 Å². The Morgan fingerprint density at radius 1 is 1.14 bits per heavy atom. The summed E-state index contributed by atoms with van der Waals surface area (Å²) in [6.07, 6.45) is 4.68. The summed E-state index contributed by atoms with van der Waals surface area (Å²) < 4.78 is 10.3. The van der Waals surface area contributed by atoms with Crippen LogP contribution in [0.4, 0.5) is 5.95 Å². The van der Waals surface area contributed by atoms with Crippen molar-refractivity contribution in [2.75, 3.05) is 38.8 Å². The maximum Gasteiger partial charge on any atom is 0.324 e. The van der Waals surface area contributed by atoms with Crippen LogP contribution < -0.4 is 19.7 Å². The van der Waals surface area contributed by atoms with E-state index in [4.69, 9.17) is 9.47 Å². The lowest BCUT2D eigenvalue weighted by atomic mass is 10.0. The predicted molar refractivity (Wildman–Crippen MR) is 81.1 cm³/mol. The Kier molecular flexibility index (Phi) is 5.98. The molecule has 7 nitrogen and oxygen atoms in total. The van der Waals surface area contributed by atoms with Gasteiger partial charge in [0, 0.05) is 19.1 Å². The predicted octanol–water partition coefficient (Wildman–Crippen LogP) is 1.25. The first kappa shape index (κ1) is 15.8. The highest BCUT2D eigenvalue weighted by Gasteiger charge is 2.25. The molecule has 21 heavy (non-hydrogen) atoms. The largest absolute Gasteiger partial charge is 0.467 e. The smallest absolute Gasteiger partial charge is 0.324 e. The molecule has 1 aromatic heterocycles. The fraction of sp³-hybridized carbons (Fsp3) is 0.786. The van der Waals surface area contributed by atoms with Gasteiger partial charge in [-0.15, -0.1) is 4.98 Å². The van der Waals surface area contributed by atoms with E-state index in [2.05, 4.69) is 32.1 Å². The lowest BCUT2D eigenvalue weighted by Gasteiger charge is -2.36. The van der Waals surface area contributed by atoms with E-state index in [1.54, 1.807) is 14.2 Å². The first-order valence-corrected chi connectivity index (χ1v) is 7.60. The molecule has 1 unspecified atom stereocenters. The molecule has 0 radical (unpaired) electrons. The average Bonchev–Trinajstić information content (AvgIpc) is 2.55. The molecule has 2 rings (SSSR count). The highest BCUT2D eigenvalue weighted by molar-refractivity contribution is 5.34. The summed E-state index contributed by atoms with van der Waals surface area (Å²) in [6, 6.07) is 0.993. The van der Waals surface area contributed by atoms with Crippen LogP contribution in [0.15, 0.2) is 0 Å². The van der Waals surface area contributed by atoms with E-state index in [-0.39, 0.29) is 0 Å². The zero-order valence-electron chi connectivity index (χ0n) is 13.1. The molecule has 0 amide bonds. The number of ether oxygens (including phenoxy) is 2. The van der Waals surface area contributed by atoms with Gasteiger partial charge >= 0.3 is 12.0 Å². The van der Waals surface area contributed by atoms with E-state index in [1.807, 2.05) is 0 Å². The Morgan fingerprint density at radius 3 is 2.48 bits per heavy atom. The minimum Gasteiger partial charge on any atom is -0.467 e. The second-order valence-electron chi connectivity index (χ2n) is 5.16. The summed E-state index contributed by atoms with van der Waals surface area (Å²) >= 11 is 0. The van der Waals surface area contributed by atoms with Gasteiger partial charge in [0.15, 0.2) is 0 Å². The van der Waals surface area contributed by atoms with Crippen molar-refractivity contribution in [2.24, 2.45) is 0 Å². The maximum atomic E-state index is 5.14. The number of nitrogens with one attached hydrogen (secondary N) is 1. The van der Waals surface area contributed by atoms with Gasteiger partial charge in [0.05, 0.1) is 14.2 Å². The van der Waals surface area contributed by atoms with E-state index in [1.165, 1.54) is 6.42 Å². The van der Waals surface area contributed by atoms with Gasteiger partial charge in [0.2, 0.25) is 5.95 Å². The van der Waals surface area contributed by atoms with Gasteiger partial charge in [-0.25, -0.2) is 0 Å². The van der Waals surface area contributed by atoms with E-state index in [0.717, 1.165) is 38.9 Å². The van der Waals surface area contributed by atoms with Crippen LogP contribution in [0.5, 0.6) is 12.0 Å². The van der Waals surface area contributed by atoms with Gasteiger partial charge in [0.25, 0.3) is 0 Å². The van der Waals surface area contributed by atoms with Crippen LogP contribution in [-0.2, 0) is 0 Å². The summed E-state index contributed by atoms with van der Waals surface area (Å²) in [4.78, 5) is 15.0. The lowest BCUT2D eigenvalue weighted by molar-refractivity contribution is 0.336. The van der Waals surface area contributed by atoms with Gasteiger partial charge in [0.1, 0.15) is 0 Å². The third-order valence-electron chi connectivity index (χ3n) is 3.64. The number of anilines is 1. The van der Waals surface area contributed by atoms with Crippen LogP contribution in [0.1, 0.15) is 32.6 Å². The number of hydrogen-bond acceptors (Lipinski definition) is 7. The molecule has 1 aliphatic rings. The van der Waals surface area contributed by atoms with E-state index >= 15 is 0 Å². The number of nitrogens with zero attached hydrogens (tertiary/aromatic N) is 4. The number of methoxy groups -OCH3 is 2. The van der Waals surface area contributed by atoms with Gasteiger partial charge in [-0.05, 0) is 32.2 Å². The van der Waals surface area contributed by atoms with Gasteiger partial charge in [-0.3, -0.25) is 0 Å². The number of hydrogen-bond donors (Lipinski definition) is 1. The van der Waals surface area contributed by atoms with Crippen molar-refractivity contribution in [3.63, 3.8) is 0 Å². The molecule has 2 heterocycles. The first-order chi connectivity index (χ1) is 10.3. The number of aromatic nitrogens is 3. The van der Waals surface area contributed by atoms with Crippen molar-refractivity contribution >= 4 is 5.95 Å². The molecule has 1 N–H and O–H groups in total. The van der Waals surface area contributed by atoms with Crippen molar-refractivity contribution < 1.29 is 9.47 Å². The van der Waals surface area contributed by atoms with E-state index in [9.17, 15) is 0 Å². The maximum absolute atomic E-state index is 5.14. The molecule has 1 aromatic rings. The molecular formula is C14H25N5O2. The monoisotopic (exact) mass is 295 g/mol. The SMILES string of the molecule is CCCNCC1CCCCN1c1nc(OC)nc(OC)n1. The number of rotatable bonds is 7. The Bertz CT molecular complexity index is 421. The van der Waals surface area contributed by atoms with Crippen molar-refractivity contribution in [2.45, 2.75) is 38.6 Å². The van der Waals surface area contributed by atoms with Crippen molar-refractivity contribution in [3.05, 3.63) is 0 Å². The number of piperidine rings is 1. The second-order valence-corrected chi connectivity index (χ2v) is 5.16. The van der Waals surface area contributed by atoms with Gasteiger partial charge < -0.3 is 19.7 Å². The third-order valence-corrected chi connectivity index (χ3v) is 3.64. The minimum atomic E-state index is 0.294. The van der Waals surface area contributed by atoms with Crippen molar-refractivity contribution in [1.29, 1.82) is 0 Å². The van der Waals surface area contributed by atoms with Crippen LogP contribution in [-0.4, -0.2) is 54.8 Å². The summed E-state index contributed by atoms with van der Waals surface area (Å²) in [7, 11) is 3.10. The minimum absolute atomic E-state index is 0.294. The average molecular weight is 295 g/mol. The topological polar surface area (TPSA) is 72.4 Å². The third kappa shape index (κ3) is 4.17. The fourth-order valence-corrected chi connectivity index (χ4v) is 2.56. The van der Waals surface area contributed by atoms with Crippen molar-refractivity contribution in [3.8, 4) is 12.0 Å². The molecule has 1 aliphatic heterocycles. The van der Waals surface area contributed by atoms with Crippen LogP contribution in [0.2, 0.25) is 0 Å². The summed E-state index contributed by atoms with van der Waals surface area (Å²) in [5, 5.41) is 3.49. The molecule has 0 aromatic carbocycles. The van der Waals surface area contributed by atoms with Crippen LogP contribution in [0.25, 0.3) is 0 Å². The molecule has 0 saturated carbocycles. The standard InChI is InChI=1S/C14H25N5O2/c1-4-8-15-10-11-7-5-6-9-19(11)12-16-13(20-2)18-14(17-12)21-3/h11,15H,4-10H2,1-3H3. The first-order valence-electron chi connectivity index (χ1n) is 7.60. The Morgan fingerprint density at radius 2 is 1.86 bits per heavy atom. The Hall–Kier alpha value is -1.63. The highest BCUT2D eigenvalue weighted by Crippen LogP contribution is 2.24. The normalized spacial score (nSPS) is 18.6. The molecule has 7 heteroatoms. The van der Waals surface area contributed by atoms with Crippen LogP contribution >= 0.6 is 0 Å². The van der Waals surface area contributed by atoms with Crippen molar-refractivity contribution in [1.82, 2.24) is 20.3 Å². The summed E-state index contributed by atoms with van der Waals surface area (Å²) in [5.41, 5.74) is 0. The molecule has 0 spiro atoms. The molecule has 0 bridgehead atoms. The van der Waals surface area contributed by atoms with Crippen LogP contribution in [0.3, 0.4) is 0 Å². The molecule has 0 aliphatic carbocycles. The molecule has 118 valence electrons. The second kappa shape index (κ2) is 7.97. The van der Waals surface area contributed by atoms with E-state index in [0.29, 0.717) is 24.0 Å². The molecule has 1 saturated heterocycles. The molecule has 1 atom stereocenters. The zero-order valence-corrected chi connectivity index (χ0v) is 13.1. The van der Waals surface area contributed by atoms with Crippen LogP contribution in [0, 0.1) is 0 Å². The summed E-state index contributed by atoms with van der Waals surface area (Å²) in [5.74, 6) is 0.640. The Balaban J connectivity index is 2.15.